The van der Waals surface area contributed by atoms with Gasteiger partial charge in [0.05, 0.1) is 5.69 Å². The number of rotatable bonds is 4. The van der Waals surface area contributed by atoms with E-state index in [2.05, 4.69) is 21.7 Å². The van der Waals surface area contributed by atoms with E-state index in [9.17, 15) is 4.79 Å². The van der Waals surface area contributed by atoms with E-state index in [0.717, 1.165) is 25.1 Å². The fraction of sp³-hybridized carbons (Fsp3) is 0.294. The van der Waals surface area contributed by atoms with Gasteiger partial charge in [-0.2, -0.15) is 0 Å². The Bertz CT molecular complexity index is 695. The van der Waals surface area contributed by atoms with E-state index in [-0.39, 0.29) is 24.1 Å². The van der Waals surface area contributed by atoms with Gasteiger partial charge in [0.25, 0.3) is 5.91 Å². The molecule has 1 amide bonds. The first-order chi connectivity index (χ1) is 10.7. The first kappa shape index (κ1) is 17.2. The maximum atomic E-state index is 12.3. The van der Waals surface area contributed by atoms with Gasteiger partial charge in [0.15, 0.2) is 0 Å². The van der Waals surface area contributed by atoms with Crippen LogP contribution in [0, 0.1) is 6.92 Å². The highest BCUT2D eigenvalue weighted by atomic mass is 35.5. The summed E-state index contributed by atoms with van der Waals surface area (Å²) in [6.45, 7) is 4.17. The fourth-order valence-corrected chi connectivity index (χ4v) is 2.42. The minimum absolute atomic E-state index is 0. The third-order valence-corrected chi connectivity index (χ3v) is 3.66. The largest absolute Gasteiger partial charge is 0.431 e. The Kier molecular flexibility index (Phi) is 5.96. The van der Waals surface area contributed by atoms with E-state index < -0.39 is 0 Å². The van der Waals surface area contributed by atoms with Crippen molar-refractivity contribution in [2.75, 3.05) is 19.6 Å². The molecule has 0 saturated heterocycles. The second-order valence-corrected chi connectivity index (χ2v) is 5.30. The molecular formula is C17H20ClN3O2. The van der Waals surface area contributed by atoms with Gasteiger partial charge in [0.1, 0.15) is 0 Å². The summed E-state index contributed by atoms with van der Waals surface area (Å²) in [6, 6.07) is 9.58. The molecule has 2 N–H and O–H groups in total. The van der Waals surface area contributed by atoms with Gasteiger partial charge in [-0.05, 0) is 32.0 Å². The zero-order valence-electron chi connectivity index (χ0n) is 13.0. The van der Waals surface area contributed by atoms with Crippen LogP contribution in [0.25, 0.3) is 11.5 Å². The van der Waals surface area contributed by atoms with Crippen LogP contribution < -0.4 is 10.6 Å². The van der Waals surface area contributed by atoms with E-state index in [4.69, 9.17) is 4.42 Å². The first-order valence-electron chi connectivity index (χ1n) is 7.43. The van der Waals surface area contributed by atoms with Crippen molar-refractivity contribution in [2.45, 2.75) is 13.3 Å². The van der Waals surface area contributed by atoms with Crippen molar-refractivity contribution >= 4 is 18.3 Å². The lowest BCUT2D eigenvalue weighted by molar-refractivity contribution is 0.0929. The summed E-state index contributed by atoms with van der Waals surface area (Å²) < 4.78 is 5.65. The normalized spacial score (nSPS) is 13.9. The predicted molar refractivity (Wildman–Crippen MR) is 91.8 cm³/mol. The summed E-state index contributed by atoms with van der Waals surface area (Å²) in [4.78, 5) is 16.6. The number of carbonyl (C=O) groups excluding carboxylic acids is 1. The van der Waals surface area contributed by atoms with Crippen molar-refractivity contribution in [3.63, 3.8) is 0 Å². The van der Waals surface area contributed by atoms with Crippen LogP contribution in [0.2, 0.25) is 0 Å². The second kappa shape index (κ2) is 7.94. The van der Waals surface area contributed by atoms with Crippen molar-refractivity contribution in [2.24, 2.45) is 0 Å². The topological polar surface area (TPSA) is 67.2 Å². The van der Waals surface area contributed by atoms with Gasteiger partial charge in [-0.15, -0.1) is 12.4 Å². The first-order valence-corrected chi connectivity index (χ1v) is 7.43. The van der Waals surface area contributed by atoms with Crippen molar-refractivity contribution in [1.29, 1.82) is 0 Å². The van der Waals surface area contributed by atoms with Crippen LogP contribution in [0.5, 0.6) is 0 Å². The third kappa shape index (κ3) is 4.21. The van der Waals surface area contributed by atoms with Crippen molar-refractivity contribution in [3.05, 3.63) is 53.4 Å². The molecule has 1 aliphatic rings. The monoisotopic (exact) mass is 333 g/mol. The Labute approximate surface area is 141 Å². The lowest BCUT2D eigenvalue weighted by atomic mass is 10.1. The molecule has 2 heterocycles. The molecule has 2 aromatic rings. The number of hydrogen-bond donors (Lipinski definition) is 2. The number of hydrogen-bond acceptors (Lipinski definition) is 4. The van der Waals surface area contributed by atoms with E-state index in [1.54, 1.807) is 6.92 Å². The standard InChI is InChI=1S/C17H19N3O2.ClH/c1-12-15(16(21)19-11-13-7-9-18-10-8-13)22-17(20-12)14-5-3-2-4-6-14;/h2-7,18H,8-11H2,1H3,(H,19,21);1H. The van der Waals surface area contributed by atoms with Crippen LogP contribution >= 0.6 is 12.4 Å². The summed E-state index contributed by atoms with van der Waals surface area (Å²) in [5.74, 6) is 0.546. The molecular weight excluding hydrogens is 314 g/mol. The number of nitrogens with zero attached hydrogens (tertiary/aromatic N) is 1. The number of carbonyl (C=O) groups is 1. The van der Waals surface area contributed by atoms with Crippen molar-refractivity contribution in [3.8, 4) is 11.5 Å². The number of halogens is 1. The number of oxazole rings is 1. The summed E-state index contributed by atoms with van der Waals surface area (Å²) in [5.41, 5.74) is 2.72. The lowest BCUT2D eigenvalue weighted by Gasteiger charge is -2.14. The summed E-state index contributed by atoms with van der Waals surface area (Å²) >= 11 is 0. The molecule has 0 spiro atoms. The zero-order chi connectivity index (χ0) is 15.4. The van der Waals surface area contributed by atoms with E-state index >= 15 is 0 Å². The average molecular weight is 334 g/mol. The van der Waals surface area contributed by atoms with Crippen molar-refractivity contribution in [1.82, 2.24) is 15.6 Å². The number of aromatic nitrogens is 1. The van der Waals surface area contributed by atoms with Crippen LogP contribution in [-0.4, -0.2) is 30.5 Å². The van der Waals surface area contributed by atoms with Crippen LogP contribution in [-0.2, 0) is 0 Å². The molecule has 23 heavy (non-hydrogen) atoms. The fourth-order valence-electron chi connectivity index (χ4n) is 2.42. The van der Waals surface area contributed by atoms with E-state index in [1.165, 1.54) is 5.57 Å². The van der Waals surface area contributed by atoms with Gasteiger partial charge in [-0.3, -0.25) is 4.79 Å². The highest BCUT2D eigenvalue weighted by Crippen LogP contribution is 2.21. The molecule has 1 aromatic carbocycles. The quantitative estimate of drug-likeness (QED) is 0.844. The van der Waals surface area contributed by atoms with Crippen LogP contribution in [0.15, 0.2) is 46.4 Å². The van der Waals surface area contributed by atoms with Crippen LogP contribution in [0.4, 0.5) is 0 Å². The maximum Gasteiger partial charge on any atom is 0.289 e. The molecule has 6 heteroatoms. The predicted octanol–water partition coefficient (Wildman–Crippen LogP) is 2.72. The minimum atomic E-state index is -0.216. The van der Waals surface area contributed by atoms with Gasteiger partial charge in [-0.25, -0.2) is 4.98 Å². The molecule has 5 nitrogen and oxygen atoms in total. The van der Waals surface area contributed by atoms with Crippen molar-refractivity contribution < 1.29 is 9.21 Å². The number of benzene rings is 1. The van der Waals surface area contributed by atoms with Gasteiger partial charge in [0.2, 0.25) is 11.7 Å². The molecule has 0 aliphatic carbocycles. The smallest absolute Gasteiger partial charge is 0.289 e. The number of nitrogens with one attached hydrogen (secondary N) is 2. The Balaban J connectivity index is 0.00000192. The molecule has 0 bridgehead atoms. The molecule has 122 valence electrons. The highest BCUT2D eigenvalue weighted by Gasteiger charge is 2.18. The Morgan fingerprint density at radius 3 is 2.83 bits per heavy atom. The molecule has 1 aliphatic heterocycles. The molecule has 0 radical (unpaired) electrons. The molecule has 0 atom stereocenters. The molecule has 3 rings (SSSR count). The number of amides is 1. The Hall–Kier alpha value is -2.11. The van der Waals surface area contributed by atoms with E-state index in [1.807, 2.05) is 30.3 Å². The summed E-state index contributed by atoms with van der Waals surface area (Å²) in [7, 11) is 0. The van der Waals surface area contributed by atoms with Gasteiger partial charge < -0.3 is 15.1 Å². The zero-order valence-corrected chi connectivity index (χ0v) is 13.8. The number of aryl methyl sites for hydroxylation is 1. The third-order valence-electron chi connectivity index (χ3n) is 3.66. The average Bonchev–Trinajstić information content (AvgIpc) is 2.96. The van der Waals surface area contributed by atoms with Crippen LogP contribution in [0.1, 0.15) is 22.7 Å². The minimum Gasteiger partial charge on any atom is -0.431 e. The molecule has 0 fully saturated rings. The molecule has 1 aromatic heterocycles. The molecule has 0 saturated carbocycles. The van der Waals surface area contributed by atoms with Gasteiger partial charge in [-0.1, -0.05) is 29.8 Å². The SMILES string of the molecule is Cc1nc(-c2ccccc2)oc1C(=O)NCC1=CCNCC1.Cl. The van der Waals surface area contributed by atoms with Gasteiger partial charge in [0, 0.05) is 18.7 Å². The second-order valence-electron chi connectivity index (χ2n) is 5.30. The van der Waals surface area contributed by atoms with Gasteiger partial charge >= 0.3 is 0 Å². The van der Waals surface area contributed by atoms with E-state index in [0.29, 0.717) is 18.1 Å². The maximum absolute atomic E-state index is 12.3. The highest BCUT2D eigenvalue weighted by molar-refractivity contribution is 5.93. The Morgan fingerprint density at radius 2 is 2.13 bits per heavy atom. The lowest BCUT2D eigenvalue weighted by Crippen LogP contribution is -2.29. The molecule has 0 unspecified atom stereocenters. The summed E-state index contributed by atoms with van der Waals surface area (Å²) in [5, 5.41) is 6.15. The van der Waals surface area contributed by atoms with Crippen LogP contribution in [0.3, 0.4) is 0 Å². The Morgan fingerprint density at radius 1 is 1.35 bits per heavy atom. The summed E-state index contributed by atoms with van der Waals surface area (Å²) in [6.07, 6.45) is 3.08.